The number of carbonyl (C=O) groups excluding carboxylic acids is 2. The average molecular weight is 332 g/mol. The van der Waals surface area contributed by atoms with E-state index in [-0.39, 0.29) is 11.8 Å². The first-order chi connectivity index (χ1) is 11.0. The van der Waals surface area contributed by atoms with Gasteiger partial charge in [0.1, 0.15) is 11.7 Å². The van der Waals surface area contributed by atoms with Crippen LogP contribution in [0.2, 0.25) is 0 Å². The highest BCUT2D eigenvalue weighted by Gasteiger charge is 2.59. The first kappa shape index (κ1) is 18.0. The van der Waals surface area contributed by atoms with Gasteiger partial charge in [0.15, 0.2) is 0 Å². The third-order valence-corrected chi connectivity index (χ3v) is 4.43. The van der Waals surface area contributed by atoms with Crippen LogP contribution in [0.4, 0.5) is 0 Å². The van der Waals surface area contributed by atoms with Crippen molar-refractivity contribution >= 4 is 17.8 Å². The van der Waals surface area contributed by atoms with Crippen molar-refractivity contribution in [1.29, 1.82) is 0 Å². The second-order valence-corrected chi connectivity index (χ2v) is 7.54. The van der Waals surface area contributed by atoms with E-state index in [1.807, 2.05) is 20.8 Å². The molecule has 1 aromatic rings. The van der Waals surface area contributed by atoms with Crippen LogP contribution in [0, 0.1) is 5.41 Å². The molecule has 6 heteroatoms. The second-order valence-electron chi connectivity index (χ2n) is 7.54. The molecule has 2 amide bonds. The zero-order valence-corrected chi connectivity index (χ0v) is 14.7. The van der Waals surface area contributed by atoms with Gasteiger partial charge < -0.3 is 14.9 Å². The summed E-state index contributed by atoms with van der Waals surface area (Å²) in [6.45, 7) is 7.32. The Balaban J connectivity index is 2.60. The Morgan fingerprint density at radius 1 is 1.21 bits per heavy atom. The minimum absolute atomic E-state index is 0.336. The highest BCUT2D eigenvalue weighted by molar-refractivity contribution is 6.03. The number of carboxylic acids is 1. The average Bonchev–Trinajstić information content (AvgIpc) is 2.67. The van der Waals surface area contributed by atoms with Gasteiger partial charge in [0.2, 0.25) is 5.91 Å². The van der Waals surface area contributed by atoms with Crippen molar-refractivity contribution in [3.05, 3.63) is 35.9 Å². The third kappa shape index (κ3) is 2.88. The topological polar surface area (TPSA) is 77.9 Å². The summed E-state index contributed by atoms with van der Waals surface area (Å²) in [7, 11) is 1.62. The van der Waals surface area contributed by atoms with Crippen molar-refractivity contribution in [2.75, 3.05) is 7.05 Å². The van der Waals surface area contributed by atoms with Gasteiger partial charge in [-0.25, -0.2) is 0 Å². The molecule has 1 aromatic carbocycles. The Kier molecular flexibility index (Phi) is 4.44. The van der Waals surface area contributed by atoms with Crippen molar-refractivity contribution in [1.82, 2.24) is 9.80 Å². The molecule has 1 saturated heterocycles. The second kappa shape index (κ2) is 5.92. The van der Waals surface area contributed by atoms with Gasteiger partial charge in [-0.1, -0.05) is 39.0 Å². The van der Waals surface area contributed by atoms with E-state index in [0.717, 1.165) is 0 Å². The van der Waals surface area contributed by atoms with Crippen molar-refractivity contribution in [2.45, 2.75) is 45.8 Å². The lowest BCUT2D eigenvalue weighted by Gasteiger charge is -2.41. The van der Waals surface area contributed by atoms with Crippen LogP contribution in [0.15, 0.2) is 30.3 Å². The molecule has 6 nitrogen and oxygen atoms in total. The minimum Gasteiger partial charge on any atom is -0.481 e. The summed E-state index contributed by atoms with van der Waals surface area (Å²) in [5.74, 6) is -1.80. The fourth-order valence-electron chi connectivity index (χ4n) is 3.52. The van der Waals surface area contributed by atoms with Crippen LogP contribution in [-0.2, 0) is 9.59 Å². The van der Waals surface area contributed by atoms with Crippen LogP contribution in [-0.4, -0.2) is 51.4 Å². The summed E-state index contributed by atoms with van der Waals surface area (Å²) in [6.07, 6.45) is -0.955. The molecule has 2 atom stereocenters. The van der Waals surface area contributed by atoms with Gasteiger partial charge in [0.25, 0.3) is 5.91 Å². The molecule has 0 aliphatic carbocycles. The fraction of sp³-hybridized carbons (Fsp3) is 0.500. The highest BCUT2D eigenvalue weighted by atomic mass is 16.4. The monoisotopic (exact) mass is 332 g/mol. The molecule has 1 fully saturated rings. The van der Waals surface area contributed by atoms with Gasteiger partial charge in [-0.05, 0) is 19.1 Å². The normalized spacial score (nSPS) is 24.4. The number of benzene rings is 1. The van der Waals surface area contributed by atoms with Crippen molar-refractivity contribution in [3.8, 4) is 0 Å². The van der Waals surface area contributed by atoms with Crippen LogP contribution < -0.4 is 0 Å². The Morgan fingerprint density at radius 3 is 2.21 bits per heavy atom. The maximum Gasteiger partial charge on any atom is 0.306 e. The molecular weight excluding hydrogens is 308 g/mol. The standard InChI is InChI=1S/C18H24N2O4/c1-17(2,3)15-19(5)16(24)18(4,11-13(21)22)20(15)14(23)12-9-7-6-8-10-12/h6-10,15H,11H2,1-5H3,(H,21,22)/t15-,18+/m1/s1. The first-order valence-corrected chi connectivity index (χ1v) is 7.88. The number of likely N-dealkylation sites (N-methyl/N-ethyl adjacent to an activating group) is 1. The first-order valence-electron chi connectivity index (χ1n) is 7.88. The summed E-state index contributed by atoms with van der Waals surface area (Å²) < 4.78 is 0. The molecule has 1 N–H and O–H groups in total. The van der Waals surface area contributed by atoms with E-state index in [2.05, 4.69) is 0 Å². The zero-order valence-electron chi connectivity index (χ0n) is 14.7. The molecule has 0 unspecified atom stereocenters. The number of carbonyl (C=O) groups is 3. The van der Waals surface area contributed by atoms with Crippen molar-refractivity contribution < 1.29 is 19.5 Å². The molecule has 1 aliphatic heterocycles. The molecule has 24 heavy (non-hydrogen) atoms. The van der Waals surface area contributed by atoms with Crippen LogP contribution >= 0.6 is 0 Å². The predicted molar refractivity (Wildman–Crippen MR) is 89.3 cm³/mol. The molecular formula is C18H24N2O4. The summed E-state index contributed by atoms with van der Waals surface area (Å²) in [6, 6.07) is 8.64. The predicted octanol–water partition coefficient (Wildman–Crippen LogP) is 2.21. The summed E-state index contributed by atoms with van der Waals surface area (Å²) in [4.78, 5) is 40.3. The number of rotatable bonds is 3. The van der Waals surface area contributed by atoms with Gasteiger partial charge >= 0.3 is 5.97 Å². The van der Waals surface area contributed by atoms with Gasteiger partial charge in [0, 0.05) is 18.0 Å². The Bertz CT molecular complexity index is 665. The van der Waals surface area contributed by atoms with E-state index >= 15 is 0 Å². The molecule has 0 bridgehead atoms. The summed E-state index contributed by atoms with van der Waals surface area (Å²) >= 11 is 0. The number of amides is 2. The van der Waals surface area contributed by atoms with Gasteiger partial charge in [-0.15, -0.1) is 0 Å². The highest BCUT2D eigenvalue weighted by Crippen LogP contribution is 2.41. The number of aliphatic carboxylic acids is 1. The van der Waals surface area contributed by atoms with Gasteiger partial charge in [0.05, 0.1) is 6.42 Å². The smallest absolute Gasteiger partial charge is 0.306 e. The molecule has 0 radical (unpaired) electrons. The largest absolute Gasteiger partial charge is 0.481 e. The SMILES string of the molecule is CN1C(=O)[C@](C)(CC(=O)O)N(C(=O)c2ccccc2)[C@@H]1C(C)(C)C. The molecule has 1 aliphatic rings. The van der Waals surface area contributed by atoms with Crippen molar-refractivity contribution in [2.24, 2.45) is 5.41 Å². The lowest BCUT2D eigenvalue weighted by Crippen LogP contribution is -2.55. The number of nitrogens with zero attached hydrogens (tertiary/aromatic N) is 2. The van der Waals surface area contributed by atoms with Crippen LogP contribution in [0.25, 0.3) is 0 Å². The van der Waals surface area contributed by atoms with E-state index in [1.165, 1.54) is 16.7 Å². The summed E-state index contributed by atoms with van der Waals surface area (Å²) in [5, 5.41) is 9.29. The van der Waals surface area contributed by atoms with Crippen LogP contribution in [0.5, 0.6) is 0 Å². The van der Waals surface area contributed by atoms with Gasteiger partial charge in [-0.2, -0.15) is 0 Å². The fourth-order valence-corrected chi connectivity index (χ4v) is 3.52. The Labute approximate surface area is 142 Å². The van der Waals surface area contributed by atoms with Crippen LogP contribution in [0.1, 0.15) is 44.5 Å². The third-order valence-electron chi connectivity index (χ3n) is 4.43. The minimum atomic E-state index is -1.41. The molecule has 1 heterocycles. The number of hydrogen-bond donors (Lipinski definition) is 1. The molecule has 130 valence electrons. The van der Waals surface area contributed by atoms with E-state index in [9.17, 15) is 19.5 Å². The Morgan fingerprint density at radius 2 is 1.75 bits per heavy atom. The van der Waals surface area contributed by atoms with Crippen LogP contribution in [0.3, 0.4) is 0 Å². The molecule has 0 spiro atoms. The molecule has 0 aromatic heterocycles. The van der Waals surface area contributed by atoms with E-state index in [1.54, 1.807) is 37.4 Å². The van der Waals surface area contributed by atoms with E-state index in [0.29, 0.717) is 5.56 Å². The lowest BCUT2D eigenvalue weighted by molar-refractivity contribution is -0.144. The molecule has 0 saturated carbocycles. The maximum absolute atomic E-state index is 13.1. The Hall–Kier alpha value is -2.37. The van der Waals surface area contributed by atoms with Gasteiger partial charge in [-0.3, -0.25) is 14.4 Å². The number of carboxylic acid groups (broad SMARTS) is 1. The van der Waals surface area contributed by atoms with E-state index in [4.69, 9.17) is 0 Å². The lowest BCUT2D eigenvalue weighted by atomic mass is 9.88. The maximum atomic E-state index is 13.1. The number of hydrogen-bond acceptors (Lipinski definition) is 3. The van der Waals surface area contributed by atoms with Crippen molar-refractivity contribution in [3.63, 3.8) is 0 Å². The quantitative estimate of drug-likeness (QED) is 0.920. The zero-order chi connectivity index (χ0) is 18.3. The summed E-state index contributed by atoms with van der Waals surface area (Å²) in [5.41, 5.74) is -1.40. The van der Waals surface area contributed by atoms with E-state index < -0.39 is 29.5 Å². The molecule has 2 rings (SSSR count).